The number of carbonyl (C=O) groups excluding carboxylic acids is 2. The molecule has 0 atom stereocenters. The predicted molar refractivity (Wildman–Crippen MR) is 104 cm³/mol. The molecule has 0 radical (unpaired) electrons. The van der Waals surface area contributed by atoms with Crippen LogP contribution in [0.5, 0.6) is 0 Å². The van der Waals surface area contributed by atoms with E-state index in [1.165, 1.54) is 27.6 Å². The van der Waals surface area contributed by atoms with E-state index in [0.717, 1.165) is 9.75 Å². The van der Waals surface area contributed by atoms with E-state index in [0.29, 0.717) is 16.8 Å². The van der Waals surface area contributed by atoms with Crippen LogP contribution >= 0.6 is 22.7 Å². The predicted octanol–water partition coefficient (Wildman–Crippen LogP) is 4.85. The minimum Gasteiger partial charge on any atom is -0.268 e. The number of rotatable bonds is 3. The molecule has 0 spiro atoms. The SMILES string of the molecule is O=C1C(=C/c2cccs2)/C(=C\c2cccs2)C(=O)N1c1ccccc1. The highest BCUT2D eigenvalue weighted by Gasteiger charge is 2.39. The lowest BCUT2D eigenvalue weighted by molar-refractivity contribution is -0.119. The smallest absolute Gasteiger partial charge is 0.266 e. The third-order valence-corrected chi connectivity index (χ3v) is 5.47. The normalized spacial score (nSPS) is 17.8. The van der Waals surface area contributed by atoms with Crippen molar-refractivity contribution in [2.24, 2.45) is 0 Å². The highest BCUT2D eigenvalue weighted by Crippen LogP contribution is 2.33. The molecule has 1 saturated heterocycles. The molecule has 4 rings (SSSR count). The lowest BCUT2D eigenvalue weighted by atomic mass is 10.1. The molecule has 5 heteroatoms. The van der Waals surface area contributed by atoms with Crippen LogP contribution in [-0.4, -0.2) is 11.8 Å². The summed E-state index contributed by atoms with van der Waals surface area (Å²) in [4.78, 5) is 29.1. The van der Waals surface area contributed by atoms with E-state index in [1.807, 2.05) is 53.2 Å². The van der Waals surface area contributed by atoms with Crippen molar-refractivity contribution in [2.45, 2.75) is 0 Å². The van der Waals surface area contributed by atoms with Gasteiger partial charge < -0.3 is 0 Å². The Morgan fingerprint density at radius 2 is 1.20 bits per heavy atom. The third kappa shape index (κ3) is 2.99. The number of anilines is 1. The van der Waals surface area contributed by atoms with E-state index in [4.69, 9.17) is 0 Å². The molecule has 1 aliphatic rings. The van der Waals surface area contributed by atoms with Crippen LogP contribution in [0.2, 0.25) is 0 Å². The van der Waals surface area contributed by atoms with Gasteiger partial charge in [-0.2, -0.15) is 0 Å². The molecule has 0 aliphatic carbocycles. The molecule has 2 amide bonds. The average Bonchev–Trinajstić information content (AvgIpc) is 3.36. The zero-order valence-electron chi connectivity index (χ0n) is 13.1. The first-order valence-electron chi connectivity index (χ1n) is 7.68. The van der Waals surface area contributed by atoms with Crippen molar-refractivity contribution in [3.8, 4) is 0 Å². The van der Waals surface area contributed by atoms with Gasteiger partial charge in [0, 0.05) is 9.75 Å². The molecule has 0 N–H and O–H groups in total. The fourth-order valence-electron chi connectivity index (χ4n) is 2.69. The van der Waals surface area contributed by atoms with Crippen molar-refractivity contribution in [1.82, 2.24) is 0 Å². The fraction of sp³-hybridized carbons (Fsp3) is 0. The molecule has 1 aromatic carbocycles. The number of thiophene rings is 2. The van der Waals surface area contributed by atoms with Gasteiger partial charge in [0.1, 0.15) is 0 Å². The Balaban J connectivity index is 1.85. The maximum Gasteiger partial charge on any atom is 0.266 e. The van der Waals surface area contributed by atoms with Crippen molar-refractivity contribution in [2.75, 3.05) is 4.90 Å². The molecule has 0 saturated carbocycles. The average molecular weight is 363 g/mol. The molecule has 3 nitrogen and oxygen atoms in total. The second-order valence-electron chi connectivity index (χ2n) is 5.43. The molecule has 1 fully saturated rings. The highest BCUT2D eigenvalue weighted by atomic mass is 32.1. The molecule has 3 heterocycles. The first-order valence-corrected chi connectivity index (χ1v) is 9.44. The van der Waals surface area contributed by atoms with E-state index in [2.05, 4.69) is 0 Å². The summed E-state index contributed by atoms with van der Waals surface area (Å²) in [6.07, 6.45) is 3.60. The van der Waals surface area contributed by atoms with Crippen LogP contribution in [0.15, 0.2) is 76.5 Å². The minimum absolute atomic E-state index is 0.285. The Kier molecular flexibility index (Phi) is 4.17. The zero-order chi connectivity index (χ0) is 17.2. The summed E-state index contributed by atoms with van der Waals surface area (Å²) in [5, 5.41) is 3.90. The van der Waals surface area contributed by atoms with Crippen LogP contribution in [0.1, 0.15) is 9.75 Å². The van der Waals surface area contributed by atoms with Crippen molar-refractivity contribution in [3.63, 3.8) is 0 Å². The van der Waals surface area contributed by atoms with Crippen molar-refractivity contribution >= 4 is 52.3 Å². The van der Waals surface area contributed by atoms with Crippen molar-refractivity contribution in [3.05, 3.63) is 86.3 Å². The van der Waals surface area contributed by atoms with Gasteiger partial charge in [0.05, 0.1) is 16.8 Å². The zero-order valence-corrected chi connectivity index (χ0v) is 14.7. The number of carbonyl (C=O) groups is 2. The maximum absolute atomic E-state index is 13.0. The second-order valence-corrected chi connectivity index (χ2v) is 7.39. The number of hydrogen-bond acceptors (Lipinski definition) is 4. The fourth-order valence-corrected chi connectivity index (χ4v) is 4.00. The van der Waals surface area contributed by atoms with Gasteiger partial charge in [-0.25, -0.2) is 4.90 Å². The van der Waals surface area contributed by atoms with Crippen LogP contribution in [0, 0.1) is 0 Å². The van der Waals surface area contributed by atoms with Gasteiger partial charge in [-0.3, -0.25) is 9.59 Å². The summed E-state index contributed by atoms with van der Waals surface area (Å²) in [6, 6.07) is 16.8. The lowest BCUT2D eigenvalue weighted by Gasteiger charge is -2.12. The molecule has 122 valence electrons. The molecular formula is C20H13NO2S2. The number of imide groups is 1. The van der Waals surface area contributed by atoms with Gasteiger partial charge in [0.2, 0.25) is 0 Å². The van der Waals surface area contributed by atoms with E-state index in [1.54, 1.807) is 24.3 Å². The van der Waals surface area contributed by atoms with Gasteiger partial charge in [-0.15, -0.1) is 22.7 Å². The maximum atomic E-state index is 13.0. The molecule has 25 heavy (non-hydrogen) atoms. The molecule has 0 bridgehead atoms. The summed E-state index contributed by atoms with van der Waals surface area (Å²) in [5.41, 5.74) is 1.46. The van der Waals surface area contributed by atoms with Gasteiger partial charge in [0.15, 0.2) is 0 Å². The number of para-hydroxylation sites is 1. The largest absolute Gasteiger partial charge is 0.268 e. The molecule has 1 aliphatic heterocycles. The summed E-state index contributed by atoms with van der Waals surface area (Å²) in [7, 11) is 0. The van der Waals surface area contributed by atoms with E-state index >= 15 is 0 Å². The van der Waals surface area contributed by atoms with Crippen molar-refractivity contribution < 1.29 is 9.59 Å². The Morgan fingerprint density at radius 1 is 0.680 bits per heavy atom. The number of benzene rings is 1. The van der Waals surface area contributed by atoms with Gasteiger partial charge in [0.25, 0.3) is 11.8 Å². The van der Waals surface area contributed by atoms with Crippen LogP contribution < -0.4 is 4.90 Å². The van der Waals surface area contributed by atoms with E-state index in [-0.39, 0.29) is 11.8 Å². The van der Waals surface area contributed by atoms with Crippen molar-refractivity contribution in [1.29, 1.82) is 0 Å². The van der Waals surface area contributed by atoms with E-state index < -0.39 is 0 Å². The first kappa shape index (κ1) is 15.7. The highest BCUT2D eigenvalue weighted by molar-refractivity contribution is 7.11. The summed E-state index contributed by atoms with van der Waals surface area (Å²) in [5.74, 6) is -0.570. The lowest BCUT2D eigenvalue weighted by Crippen LogP contribution is -2.29. The van der Waals surface area contributed by atoms with Gasteiger partial charge in [-0.1, -0.05) is 30.3 Å². The Bertz CT molecular complexity index is 906. The third-order valence-electron chi connectivity index (χ3n) is 3.83. The number of hydrogen-bond donors (Lipinski definition) is 0. The Labute approximate surface area is 153 Å². The monoisotopic (exact) mass is 363 g/mol. The van der Waals surface area contributed by atoms with Crippen LogP contribution in [0.4, 0.5) is 5.69 Å². The van der Waals surface area contributed by atoms with Gasteiger partial charge in [-0.05, 0) is 47.2 Å². The quantitative estimate of drug-likeness (QED) is 0.493. The summed E-state index contributed by atoms with van der Waals surface area (Å²) in [6.45, 7) is 0. The Hall–Kier alpha value is -2.76. The molecular weight excluding hydrogens is 350 g/mol. The van der Waals surface area contributed by atoms with Crippen LogP contribution in [0.3, 0.4) is 0 Å². The Morgan fingerprint density at radius 3 is 1.64 bits per heavy atom. The van der Waals surface area contributed by atoms with E-state index in [9.17, 15) is 9.59 Å². The standard InChI is InChI=1S/C20H13NO2S2/c22-19-17(12-15-8-4-10-24-15)18(13-16-9-5-11-25-16)20(23)21(19)14-6-2-1-3-7-14/h1-13H/b17-12+,18-13+. The molecule has 0 unspecified atom stereocenters. The number of nitrogens with zero attached hydrogens (tertiary/aromatic N) is 1. The van der Waals surface area contributed by atoms with Crippen LogP contribution in [-0.2, 0) is 9.59 Å². The number of amides is 2. The van der Waals surface area contributed by atoms with Gasteiger partial charge >= 0.3 is 0 Å². The van der Waals surface area contributed by atoms with Crippen LogP contribution in [0.25, 0.3) is 12.2 Å². The summed E-state index contributed by atoms with van der Waals surface area (Å²) >= 11 is 3.07. The second kappa shape index (κ2) is 6.63. The topological polar surface area (TPSA) is 37.4 Å². The summed E-state index contributed by atoms with van der Waals surface area (Å²) < 4.78 is 0. The minimum atomic E-state index is -0.285. The molecule has 3 aromatic rings. The first-order chi connectivity index (χ1) is 12.2. The molecule has 2 aromatic heterocycles.